The molecule has 0 heterocycles. The lowest BCUT2D eigenvalue weighted by atomic mass is 10.1. The lowest BCUT2D eigenvalue weighted by Gasteiger charge is -2.09. The molecule has 1 amide bonds. The zero-order chi connectivity index (χ0) is 12.0. The molecule has 0 spiro atoms. The van der Waals surface area contributed by atoms with Crippen molar-refractivity contribution in [1.82, 2.24) is 5.32 Å². The molecule has 3 N–H and O–H groups in total. The second-order valence-electron chi connectivity index (χ2n) is 3.90. The van der Waals surface area contributed by atoms with E-state index >= 15 is 0 Å². The van der Waals surface area contributed by atoms with Gasteiger partial charge in [0.25, 0.3) is 0 Å². The van der Waals surface area contributed by atoms with Crippen molar-refractivity contribution in [3.63, 3.8) is 0 Å². The Hall–Kier alpha value is -1.55. The Labute approximate surface area is 95.8 Å². The highest BCUT2D eigenvalue weighted by atomic mass is 16.5. The Morgan fingerprint density at radius 1 is 1.44 bits per heavy atom. The van der Waals surface area contributed by atoms with Crippen molar-refractivity contribution in [2.24, 2.45) is 5.73 Å². The van der Waals surface area contributed by atoms with Crippen LogP contribution in [0.3, 0.4) is 0 Å². The van der Waals surface area contributed by atoms with Crippen molar-refractivity contribution in [2.45, 2.75) is 33.0 Å². The van der Waals surface area contributed by atoms with E-state index in [0.29, 0.717) is 6.54 Å². The van der Waals surface area contributed by atoms with E-state index in [0.717, 1.165) is 11.1 Å². The number of nitrogens with one attached hydrogen (secondary N) is 1. The first-order chi connectivity index (χ1) is 7.61. The Balaban J connectivity index is 2.45. The van der Waals surface area contributed by atoms with Crippen LogP contribution < -0.4 is 11.1 Å². The smallest absolute Gasteiger partial charge is 0.407 e. The van der Waals surface area contributed by atoms with Gasteiger partial charge in [-0.1, -0.05) is 24.3 Å². The molecule has 88 valence electrons. The Kier molecular flexibility index (Phi) is 4.79. The highest BCUT2D eigenvalue weighted by Crippen LogP contribution is 2.06. The number of nitrogens with two attached hydrogens (primary N) is 1. The molecule has 0 bridgehead atoms. The summed E-state index contributed by atoms with van der Waals surface area (Å²) in [6, 6.07) is 7.77. The Morgan fingerprint density at radius 2 is 2.12 bits per heavy atom. The maximum absolute atomic E-state index is 11.2. The number of ether oxygens (including phenoxy) is 1. The van der Waals surface area contributed by atoms with Crippen LogP contribution in [0.15, 0.2) is 24.3 Å². The summed E-state index contributed by atoms with van der Waals surface area (Å²) in [5.74, 6) is 0. The van der Waals surface area contributed by atoms with Gasteiger partial charge < -0.3 is 15.8 Å². The van der Waals surface area contributed by atoms with Gasteiger partial charge in [0.2, 0.25) is 0 Å². The molecule has 0 saturated carbocycles. The lowest BCUT2D eigenvalue weighted by molar-refractivity contribution is 0.137. The van der Waals surface area contributed by atoms with Gasteiger partial charge in [-0.2, -0.15) is 0 Å². The average molecular weight is 222 g/mol. The Bertz CT molecular complexity index is 351. The number of benzene rings is 1. The molecule has 1 aromatic rings. The van der Waals surface area contributed by atoms with Gasteiger partial charge in [0.05, 0.1) is 0 Å². The standard InChI is InChI=1S/C12H18N2O2/c1-9(2)14-12(15)16-8-11-5-3-4-10(6-11)7-13/h3-6,9H,7-8,13H2,1-2H3,(H,14,15). The highest BCUT2D eigenvalue weighted by molar-refractivity contribution is 5.67. The van der Waals surface area contributed by atoms with Crippen LogP contribution in [-0.4, -0.2) is 12.1 Å². The summed E-state index contributed by atoms with van der Waals surface area (Å²) in [5, 5.41) is 2.66. The predicted molar refractivity (Wildman–Crippen MR) is 62.8 cm³/mol. The molecule has 16 heavy (non-hydrogen) atoms. The van der Waals surface area contributed by atoms with E-state index in [4.69, 9.17) is 10.5 Å². The van der Waals surface area contributed by atoms with E-state index in [2.05, 4.69) is 5.32 Å². The first kappa shape index (κ1) is 12.5. The van der Waals surface area contributed by atoms with Crippen molar-refractivity contribution < 1.29 is 9.53 Å². The molecule has 1 aromatic carbocycles. The molecule has 0 saturated heterocycles. The Morgan fingerprint density at radius 3 is 2.75 bits per heavy atom. The van der Waals surface area contributed by atoms with Crippen LogP contribution in [0.4, 0.5) is 4.79 Å². The predicted octanol–water partition coefficient (Wildman–Crippen LogP) is 1.78. The van der Waals surface area contributed by atoms with Crippen LogP contribution in [0.1, 0.15) is 25.0 Å². The third-order valence-corrected chi connectivity index (χ3v) is 2.00. The molecule has 1 rings (SSSR count). The summed E-state index contributed by atoms with van der Waals surface area (Å²) < 4.78 is 5.05. The maximum atomic E-state index is 11.2. The van der Waals surface area contributed by atoms with Crippen molar-refractivity contribution in [3.8, 4) is 0 Å². The minimum absolute atomic E-state index is 0.0860. The van der Waals surface area contributed by atoms with Crippen LogP contribution >= 0.6 is 0 Å². The number of alkyl carbamates (subject to hydrolysis) is 1. The second kappa shape index (κ2) is 6.12. The third kappa shape index (κ3) is 4.31. The van der Waals surface area contributed by atoms with Gasteiger partial charge in [0, 0.05) is 12.6 Å². The zero-order valence-corrected chi connectivity index (χ0v) is 9.69. The van der Waals surface area contributed by atoms with E-state index in [9.17, 15) is 4.79 Å². The van der Waals surface area contributed by atoms with Gasteiger partial charge >= 0.3 is 6.09 Å². The maximum Gasteiger partial charge on any atom is 0.407 e. The van der Waals surface area contributed by atoms with E-state index < -0.39 is 6.09 Å². The first-order valence-corrected chi connectivity index (χ1v) is 5.33. The van der Waals surface area contributed by atoms with Crippen molar-refractivity contribution >= 4 is 6.09 Å². The number of amides is 1. The molecule has 0 radical (unpaired) electrons. The zero-order valence-electron chi connectivity index (χ0n) is 9.69. The van der Waals surface area contributed by atoms with Crippen molar-refractivity contribution in [1.29, 1.82) is 0 Å². The van der Waals surface area contributed by atoms with Crippen molar-refractivity contribution in [3.05, 3.63) is 35.4 Å². The average Bonchev–Trinajstić information content (AvgIpc) is 2.26. The molecular weight excluding hydrogens is 204 g/mol. The van der Waals surface area contributed by atoms with Gasteiger partial charge in [-0.25, -0.2) is 4.79 Å². The van der Waals surface area contributed by atoms with E-state index in [1.807, 2.05) is 38.1 Å². The molecule has 0 fully saturated rings. The van der Waals surface area contributed by atoms with E-state index in [1.54, 1.807) is 0 Å². The van der Waals surface area contributed by atoms with Crippen LogP contribution in [0.25, 0.3) is 0 Å². The summed E-state index contributed by atoms with van der Waals surface area (Å²) in [6.07, 6.45) is -0.395. The summed E-state index contributed by atoms with van der Waals surface area (Å²) in [7, 11) is 0. The first-order valence-electron chi connectivity index (χ1n) is 5.33. The van der Waals surface area contributed by atoms with Gasteiger partial charge in [-0.05, 0) is 25.0 Å². The SMILES string of the molecule is CC(C)NC(=O)OCc1cccc(CN)c1. The topological polar surface area (TPSA) is 64.3 Å². The minimum atomic E-state index is -0.395. The molecule has 4 heteroatoms. The molecule has 0 aliphatic heterocycles. The molecule has 4 nitrogen and oxygen atoms in total. The summed E-state index contributed by atoms with van der Waals surface area (Å²) >= 11 is 0. The molecular formula is C12H18N2O2. The number of hydrogen-bond acceptors (Lipinski definition) is 3. The van der Waals surface area contributed by atoms with Gasteiger partial charge in [0.1, 0.15) is 6.61 Å². The van der Waals surface area contributed by atoms with Crippen LogP contribution in [0.2, 0.25) is 0 Å². The summed E-state index contributed by atoms with van der Waals surface area (Å²) in [6.45, 7) is 4.53. The highest BCUT2D eigenvalue weighted by Gasteiger charge is 2.04. The molecule has 0 aliphatic rings. The summed E-state index contributed by atoms with van der Waals surface area (Å²) in [5.41, 5.74) is 7.50. The fourth-order valence-electron chi connectivity index (χ4n) is 1.27. The quantitative estimate of drug-likeness (QED) is 0.816. The largest absolute Gasteiger partial charge is 0.445 e. The number of carbonyl (C=O) groups is 1. The number of carbonyl (C=O) groups excluding carboxylic acids is 1. The van der Waals surface area contributed by atoms with Gasteiger partial charge in [-0.15, -0.1) is 0 Å². The summed E-state index contributed by atoms with van der Waals surface area (Å²) in [4.78, 5) is 11.2. The second-order valence-corrected chi connectivity index (χ2v) is 3.90. The van der Waals surface area contributed by atoms with Crippen LogP contribution in [0.5, 0.6) is 0 Å². The number of hydrogen-bond donors (Lipinski definition) is 2. The third-order valence-electron chi connectivity index (χ3n) is 2.00. The van der Waals surface area contributed by atoms with Crippen LogP contribution in [0, 0.1) is 0 Å². The lowest BCUT2D eigenvalue weighted by Crippen LogP contribution is -2.30. The monoisotopic (exact) mass is 222 g/mol. The van der Waals surface area contributed by atoms with Crippen LogP contribution in [-0.2, 0) is 17.9 Å². The van der Waals surface area contributed by atoms with E-state index in [-0.39, 0.29) is 12.6 Å². The minimum Gasteiger partial charge on any atom is -0.445 e. The van der Waals surface area contributed by atoms with Gasteiger partial charge in [-0.3, -0.25) is 0 Å². The molecule has 0 aromatic heterocycles. The molecule has 0 aliphatic carbocycles. The van der Waals surface area contributed by atoms with Crippen molar-refractivity contribution in [2.75, 3.05) is 0 Å². The molecule has 0 unspecified atom stereocenters. The molecule has 0 atom stereocenters. The normalized spacial score (nSPS) is 10.2. The van der Waals surface area contributed by atoms with Gasteiger partial charge in [0.15, 0.2) is 0 Å². The van der Waals surface area contributed by atoms with E-state index in [1.165, 1.54) is 0 Å². The fraction of sp³-hybridized carbons (Fsp3) is 0.417. The number of rotatable bonds is 4. The fourth-order valence-corrected chi connectivity index (χ4v) is 1.27.